The minimum Gasteiger partial charge on any atom is -0.358 e. The average molecular weight is 459 g/mol. The molecule has 0 radical (unpaired) electrons. The lowest BCUT2D eigenvalue weighted by Crippen LogP contribution is -2.39. The largest absolute Gasteiger partial charge is 0.358 e. The van der Waals surface area contributed by atoms with Gasteiger partial charge in [-0.1, -0.05) is 37.6 Å². The standard InChI is InChI=1S/C23H31ClN6S/c1-16-11-17(2)15-30(14-16)21-12-20(29-9-3-4-10-29)26-22(27-21)28-23(31)25-13-18-5-7-19(24)8-6-18/h5-8,12,16-17H,3-4,9-11,13-15H2,1-2H3,(H2,25,26,27,28,31)/t16-,17-/m1/s1. The van der Waals surface area contributed by atoms with E-state index in [0.717, 1.165) is 48.4 Å². The lowest BCUT2D eigenvalue weighted by molar-refractivity contribution is 0.355. The van der Waals surface area contributed by atoms with Crippen molar-refractivity contribution in [2.75, 3.05) is 41.3 Å². The van der Waals surface area contributed by atoms with Gasteiger partial charge in [0, 0.05) is 43.8 Å². The molecule has 3 heterocycles. The zero-order valence-corrected chi connectivity index (χ0v) is 19.8. The number of hydrogen-bond acceptors (Lipinski definition) is 5. The summed E-state index contributed by atoms with van der Waals surface area (Å²) in [7, 11) is 0. The molecule has 0 spiro atoms. The summed E-state index contributed by atoms with van der Waals surface area (Å²) < 4.78 is 0. The first-order chi connectivity index (χ1) is 15.0. The van der Waals surface area contributed by atoms with E-state index in [1.54, 1.807) is 0 Å². The Kier molecular flexibility index (Phi) is 7.13. The van der Waals surface area contributed by atoms with Gasteiger partial charge in [-0.15, -0.1) is 0 Å². The highest BCUT2D eigenvalue weighted by molar-refractivity contribution is 7.80. The third kappa shape index (κ3) is 5.98. The van der Waals surface area contributed by atoms with Crippen LogP contribution in [0.2, 0.25) is 5.02 Å². The van der Waals surface area contributed by atoms with Gasteiger partial charge in [0.1, 0.15) is 11.6 Å². The maximum absolute atomic E-state index is 5.96. The summed E-state index contributed by atoms with van der Waals surface area (Å²) in [5.41, 5.74) is 1.11. The molecule has 8 heteroatoms. The second-order valence-electron chi connectivity index (χ2n) is 8.89. The third-order valence-corrected chi connectivity index (χ3v) is 6.41. The van der Waals surface area contributed by atoms with E-state index >= 15 is 0 Å². The monoisotopic (exact) mass is 458 g/mol. The predicted octanol–water partition coefficient (Wildman–Crippen LogP) is 4.70. The molecule has 2 aliphatic heterocycles. The van der Waals surface area contributed by atoms with Crippen LogP contribution in [0.25, 0.3) is 0 Å². The number of aromatic nitrogens is 2. The van der Waals surface area contributed by atoms with E-state index < -0.39 is 0 Å². The van der Waals surface area contributed by atoms with E-state index in [9.17, 15) is 0 Å². The summed E-state index contributed by atoms with van der Waals surface area (Å²) in [4.78, 5) is 14.4. The molecule has 1 aromatic heterocycles. The lowest BCUT2D eigenvalue weighted by atomic mass is 9.92. The second-order valence-corrected chi connectivity index (χ2v) is 9.73. The molecule has 31 heavy (non-hydrogen) atoms. The lowest BCUT2D eigenvalue weighted by Gasteiger charge is -2.36. The first-order valence-corrected chi connectivity index (χ1v) is 11.9. The number of nitrogens with zero attached hydrogens (tertiary/aromatic N) is 4. The number of piperidine rings is 1. The highest BCUT2D eigenvalue weighted by atomic mass is 35.5. The van der Waals surface area contributed by atoms with Crippen molar-refractivity contribution >= 4 is 46.5 Å². The van der Waals surface area contributed by atoms with Crippen LogP contribution in [0, 0.1) is 11.8 Å². The molecule has 2 fully saturated rings. The Morgan fingerprint density at radius 2 is 1.65 bits per heavy atom. The molecule has 0 unspecified atom stereocenters. The number of halogens is 1. The molecule has 4 rings (SSSR count). The van der Waals surface area contributed by atoms with Gasteiger partial charge in [-0.05, 0) is 61.0 Å². The van der Waals surface area contributed by atoms with E-state index in [2.05, 4.69) is 40.3 Å². The Morgan fingerprint density at radius 1 is 1.03 bits per heavy atom. The Bertz CT molecular complexity index is 889. The van der Waals surface area contributed by atoms with Gasteiger partial charge in [0.15, 0.2) is 5.11 Å². The molecule has 0 bridgehead atoms. The van der Waals surface area contributed by atoms with Crippen LogP contribution in [0.4, 0.5) is 17.6 Å². The molecular weight excluding hydrogens is 428 g/mol. The van der Waals surface area contributed by atoms with E-state index in [-0.39, 0.29) is 0 Å². The van der Waals surface area contributed by atoms with Crippen LogP contribution in [0.15, 0.2) is 30.3 Å². The van der Waals surface area contributed by atoms with Crippen molar-refractivity contribution in [1.82, 2.24) is 15.3 Å². The van der Waals surface area contributed by atoms with Crippen molar-refractivity contribution in [3.8, 4) is 0 Å². The molecule has 2 saturated heterocycles. The third-order valence-electron chi connectivity index (χ3n) is 5.91. The van der Waals surface area contributed by atoms with Crippen molar-refractivity contribution in [3.05, 3.63) is 40.9 Å². The smallest absolute Gasteiger partial charge is 0.232 e. The van der Waals surface area contributed by atoms with Gasteiger partial charge in [-0.3, -0.25) is 0 Å². The Hall–Kier alpha value is -2.12. The highest BCUT2D eigenvalue weighted by Gasteiger charge is 2.25. The SMILES string of the molecule is C[C@@H]1C[C@@H](C)CN(c2cc(N3CCCC3)nc(NC(=S)NCc3ccc(Cl)cc3)n2)C1. The Morgan fingerprint density at radius 3 is 2.29 bits per heavy atom. The van der Waals surface area contributed by atoms with E-state index in [0.29, 0.717) is 29.4 Å². The molecule has 1 aromatic carbocycles. The predicted molar refractivity (Wildman–Crippen MR) is 133 cm³/mol. The molecule has 0 saturated carbocycles. The summed E-state index contributed by atoms with van der Waals surface area (Å²) in [6.45, 7) is 9.39. The number of benzene rings is 1. The second kappa shape index (κ2) is 10.0. The summed E-state index contributed by atoms with van der Waals surface area (Å²) in [5, 5.41) is 7.69. The summed E-state index contributed by atoms with van der Waals surface area (Å²) in [5.74, 6) is 3.84. The number of anilines is 3. The van der Waals surface area contributed by atoms with Gasteiger partial charge in [0.2, 0.25) is 5.95 Å². The average Bonchev–Trinajstić information content (AvgIpc) is 3.27. The number of rotatable bonds is 5. The van der Waals surface area contributed by atoms with Crippen LogP contribution in [0.1, 0.15) is 38.7 Å². The number of thiocarbonyl (C=S) groups is 1. The van der Waals surface area contributed by atoms with Crippen LogP contribution in [0.5, 0.6) is 0 Å². The van der Waals surface area contributed by atoms with Crippen molar-refractivity contribution in [1.29, 1.82) is 0 Å². The van der Waals surface area contributed by atoms with Crippen LogP contribution < -0.4 is 20.4 Å². The first-order valence-electron chi connectivity index (χ1n) is 11.1. The molecule has 2 aliphatic rings. The number of nitrogens with one attached hydrogen (secondary N) is 2. The van der Waals surface area contributed by atoms with Crippen LogP contribution >= 0.6 is 23.8 Å². The van der Waals surface area contributed by atoms with Crippen molar-refractivity contribution < 1.29 is 0 Å². The van der Waals surface area contributed by atoms with Crippen molar-refractivity contribution in [2.45, 2.75) is 39.7 Å². The van der Waals surface area contributed by atoms with Gasteiger partial charge < -0.3 is 20.4 Å². The maximum atomic E-state index is 5.96. The van der Waals surface area contributed by atoms with E-state index in [1.165, 1.54) is 19.3 Å². The van der Waals surface area contributed by atoms with Crippen LogP contribution in [-0.4, -0.2) is 41.3 Å². The van der Waals surface area contributed by atoms with Crippen molar-refractivity contribution in [2.24, 2.45) is 11.8 Å². The quantitative estimate of drug-likeness (QED) is 0.630. The summed E-state index contributed by atoms with van der Waals surface area (Å²) in [6, 6.07) is 9.87. The highest BCUT2D eigenvalue weighted by Crippen LogP contribution is 2.29. The number of hydrogen-bond donors (Lipinski definition) is 2. The first kappa shape index (κ1) is 22.1. The zero-order valence-electron chi connectivity index (χ0n) is 18.3. The van der Waals surface area contributed by atoms with Gasteiger partial charge in [0.05, 0.1) is 0 Å². The fourth-order valence-electron chi connectivity index (χ4n) is 4.53. The maximum Gasteiger partial charge on any atom is 0.232 e. The Balaban J connectivity index is 1.49. The molecule has 0 aliphatic carbocycles. The molecule has 166 valence electrons. The van der Waals surface area contributed by atoms with Gasteiger partial charge in [0.25, 0.3) is 0 Å². The van der Waals surface area contributed by atoms with E-state index in [4.69, 9.17) is 33.8 Å². The molecule has 0 amide bonds. The van der Waals surface area contributed by atoms with Gasteiger partial charge in [-0.2, -0.15) is 9.97 Å². The fourth-order valence-corrected chi connectivity index (χ4v) is 4.82. The Labute approximate surface area is 195 Å². The van der Waals surface area contributed by atoms with Gasteiger partial charge in [-0.25, -0.2) is 0 Å². The van der Waals surface area contributed by atoms with E-state index in [1.807, 2.05) is 24.3 Å². The minimum atomic E-state index is 0.514. The van der Waals surface area contributed by atoms with Crippen LogP contribution in [0.3, 0.4) is 0 Å². The zero-order chi connectivity index (χ0) is 21.8. The molecule has 2 atom stereocenters. The molecular formula is C23H31ClN6S. The molecule has 2 N–H and O–H groups in total. The van der Waals surface area contributed by atoms with Crippen molar-refractivity contribution in [3.63, 3.8) is 0 Å². The topological polar surface area (TPSA) is 56.3 Å². The minimum absolute atomic E-state index is 0.514. The molecule has 6 nitrogen and oxygen atoms in total. The van der Waals surface area contributed by atoms with Gasteiger partial charge >= 0.3 is 0 Å². The van der Waals surface area contributed by atoms with Crippen LogP contribution in [-0.2, 0) is 6.54 Å². The molecule has 2 aromatic rings. The summed E-state index contributed by atoms with van der Waals surface area (Å²) in [6.07, 6.45) is 3.69. The summed E-state index contributed by atoms with van der Waals surface area (Å²) >= 11 is 11.5. The normalized spacial score (nSPS) is 21.3. The fraction of sp³-hybridized carbons (Fsp3) is 0.522.